The standard InChI is InChI=1S/C41H50N2O10/c1-11-12-28-41(6,53-28)29-16-25(44)30-18(2)13-23-32(38(30)52-29)37(48)33-31(36(23)47)21(26-15-24(42(7)8)34(45)19(3)50-26)14-22(35(33)46)27-17-40(5,43(9)10)39(49)20(4)51-27/h11-14,16,19-20,24,26-28,34,39,45-46,49H,15,17H2,1-10H3/b12-11-/t19-,20+,24-,26-,27-,28+,34-,39+,40+,41-/m1/s1. The van der Waals surface area contributed by atoms with Gasteiger partial charge >= 0.3 is 0 Å². The number of epoxide rings is 1. The lowest BCUT2D eigenvalue weighted by Crippen LogP contribution is -2.59. The second-order valence-corrected chi connectivity index (χ2v) is 16.1. The van der Waals surface area contributed by atoms with Crippen LogP contribution in [0.3, 0.4) is 0 Å². The summed E-state index contributed by atoms with van der Waals surface area (Å²) in [6.45, 7) is 10.8. The number of fused-ring (bicyclic) bond motifs is 4. The fourth-order valence-corrected chi connectivity index (χ4v) is 8.74. The molecule has 12 heteroatoms. The molecule has 3 aromatic rings. The molecule has 12 nitrogen and oxygen atoms in total. The smallest absolute Gasteiger partial charge is 0.202 e. The minimum Gasteiger partial charge on any atom is -0.507 e. The molecule has 3 saturated heterocycles. The number of likely N-dealkylation sites (N-methyl/N-ethyl adjacent to an activating group) is 2. The Morgan fingerprint density at radius 1 is 0.887 bits per heavy atom. The number of carbonyl (C=O) groups is 2. The van der Waals surface area contributed by atoms with Crippen molar-refractivity contribution in [3.63, 3.8) is 0 Å². The lowest BCUT2D eigenvalue weighted by molar-refractivity contribution is -0.176. The van der Waals surface area contributed by atoms with Crippen molar-refractivity contribution in [3.8, 4) is 5.75 Å². The zero-order valence-corrected chi connectivity index (χ0v) is 32.0. The van der Waals surface area contributed by atoms with Crippen LogP contribution in [0.25, 0.3) is 11.0 Å². The van der Waals surface area contributed by atoms with Crippen molar-refractivity contribution in [2.24, 2.45) is 0 Å². The van der Waals surface area contributed by atoms with Crippen LogP contribution in [0, 0.1) is 6.92 Å². The minimum atomic E-state index is -0.945. The summed E-state index contributed by atoms with van der Waals surface area (Å²) in [6, 6.07) is 4.26. The highest BCUT2D eigenvalue weighted by molar-refractivity contribution is 6.33. The number of ketones is 2. The molecule has 2 aromatic carbocycles. The summed E-state index contributed by atoms with van der Waals surface area (Å²) >= 11 is 0. The van der Waals surface area contributed by atoms with E-state index in [1.165, 1.54) is 12.1 Å². The number of aliphatic hydroxyl groups is 2. The molecular formula is C41H50N2O10. The Bertz CT molecular complexity index is 2120. The van der Waals surface area contributed by atoms with Gasteiger partial charge in [0.25, 0.3) is 0 Å². The lowest BCUT2D eigenvalue weighted by Gasteiger charge is -2.49. The number of carbonyl (C=O) groups excluding carboxylic acids is 2. The maximum atomic E-state index is 15.1. The van der Waals surface area contributed by atoms with Crippen LogP contribution in [-0.2, 0) is 19.8 Å². The largest absolute Gasteiger partial charge is 0.507 e. The third-order valence-electron chi connectivity index (χ3n) is 12.3. The topological polar surface area (TPSA) is 163 Å². The van der Waals surface area contributed by atoms with Crippen molar-refractivity contribution in [3.05, 3.63) is 85.3 Å². The van der Waals surface area contributed by atoms with Gasteiger partial charge in [-0.15, -0.1) is 0 Å². The molecule has 3 aliphatic heterocycles. The molecule has 10 atom stereocenters. The highest BCUT2D eigenvalue weighted by Crippen LogP contribution is 2.51. The predicted molar refractivity (Wildman–Crippen MR) is 197 cm³/mol. The molecule has 4 heterocycles. The van der Waals surface area contributed by atoms with Crippen molar-refractivity contribution in [1.82, 2.24) is 9.80 Å². The first-order valence-corrected chi connectivity index (χ1v) is 18.3. The van der Waals surface area contributed by atoms with Crippen molar-refractivity contribution in [2.75, 3.05) is 28.2 Å². The zero-order chi connectivity index (χ0) is 38.6. The number of allylic oxidation sites excluding steroid dienone is 1. The lowest BCUT2D eigenvalue weighted by atomic mass is 9.74. The van der Waals surface area contributed by atoms with Crippen LogP contribution in [0.15, 0.2) is 39.6 Å². The number of phenolic OH excluding ortho intramolecular Hbond substituents is 1. The Labute approximate surface area is 308 Å². The number of aliphatic hydroxyl groups excluding tert-OH is 2. The van der Waals surface area contributed by atoms with Gasteiger partial charge < -0.3 is 43.7 Å². The van der Waals surface area contributed by atoms with E-state index in [2.05, 4.69) is 0 Å². The van der Waals surface area contributed by atoms with Gasteiger partial charge in [-0.25, -0.2) is 0 Å². The summed E-state index contributed by atoms with van der Waals surface area (Å²) in [6.07, 6.45) is -0.576. The van der Waals surface area contributed by atoms with Gasteiger partial charge in [0.15, 0.2) is 16.8 Å². The molecule has 3 N–H and O–H groups in total. The van der Waals surface area contributed by atoms with Crippen molar-refractivity contribution < 1.29 is 43.5 Å². The number of benzene rings is 2. The second kappa shape index (κ2) is 12.9. The van der Waals surface area contributed by atoms with E-state index in [4.69, 9.17) is 18.6 Å². The SMILES string of the molecule is C/C=C\[C@@H]1O[C@@]1(C)c1cc(=O)c2c(C)cc3c(c2o1)C(=O)c1c(O)c([C@H]2C[C@](C)(N(C)C)[C@@H](O)[C@H](C)O2)cc([C@H]2C[C@@H](N(C)C)[C@H](O)[C@@H](C)O2)c1C3=O. The predicted octanol–water partition coefficient (Wildman–Crippen LogP) is 4.44. The fourth-order valence-electron chi connectivity index (χ4n) is 8.74. The summed E-state index contributed by atoms with van der Waals surface area (Å²) in [5.41, 5.74) is -1.32. The molecule has 0 spiro atoms. The molecule has 0 amide bonds. The van der Waals surface area contributed by atoms with E-state index < -0.39 is 65.1 Å². The molecule has 3 fully saturated rings. The normalized spacial score (nSPS) is 34.3. The molecule has 4 aliphatic rings. The minimum absolute atomic E-state index is 0.00278. The molecule has 1 aromatic heterocycles. The van der Waals surface area contributed by atoms with Crippen LogP contribution in [0.1, 0.15) is 114 Å². The Hall–Kier alpha value is -3.75. The number of aromatic hydroxyl groups is 1. The number of hydrogen-bond acceptors (Lipinski definition) is 12. The van der Waals surface area contributed by atoms with E-state index >= 15 is 4.79 Å². The molecule has 0 unspecified atom stereocenters. The molecule has 0 radical (unpaired) electrons. The van der Waals surface area contributed by atoms with Crippen LogP contribution >= 0.6 is 0 Å². The number of nitrogens with zero attached hydrogens (tertiary/aromatic N) is 2. The van der Waals surface area contributed by atoms with Crippen molar-refractivity contribution >= 4 is 22.5 Å². The zero-order valence-electron chi connectivity index (χ0n) is 32.0. The van der Waals surface area contributed by atoms with Gasteiger partial charge in [-0.2, -0.15) is 0 Å². The summed E-state index contributed by atoms with van der Waals surface area (Å²) in [5, 5.41) is 34.7. The van der Waals surface area contributed by atoms with Crippen LogP contribution in [0.4, 0.5) is 0 Å². The Kier molecular flexibility index (Phi) is 9.17. The Morgan fingerprint density at radius 2 is 1.57 bits per heavy atom. The highest BCUT2D eigenvalue weighted by atomic mass is 16.6. The molecule has 53 heavy (non-hydrogen) atoms. The first-order chi connectivity index (χ1) is 24.8. The van der Waals surface area contributed by atoms with E-state index in [1.54, 1.807) is 33.8 Å². The van der Waals surface area contributed by atoms with Crippen molar-refractivity contribution in [1.29, 1.82) is 0 Å². The van der Waals surface area contributed by atoms with Gasteiger partial charge in [-0.05, 0) is 106 Å². The molecule has 0 bridgehead atoms. The van der Waals surface area contributed by atoms with Crippen LogP contribution < -0.4 is 5.43 Å². The van der Waals surface area contributed by atoms with Gasteiger partial charge in [0.05, 0.1) is 53.1 Å². The van der Waals surface area contributed by atoms with Crippen molar-refractivity contribution in [2.45, 2.75) is 114 Å². The maximum Gasteiger partial charge on any atom is 0.202 e. The van der Waals surface area contributed by atoms with E-state index in [-0.39, 0.29) is 68.5 Å². The monoisotopic (exact) mass is 730 g/mol. The Balaban J connectivity index is 1.48. The second-order valence-electron chi connectivity index (χ2n) is 16.1. The highest BCUT2D eigenvalue weighted by Gasteiger charge is 2.55. The van der Waals surface area contributed by atoms with Gasteiger partial charge in [-0.1, -0.05) is 12.2 Å². The first-order valence-electron chi connectivity index (χ1n) is 18.3. The summed E-state index contributed by atoms with van der Waals surface area (Å²) in [4.78, 5) is 47.5. The van der Waals surface area contributed by atoms with E-state index in [0.717, 1.165) is 0 Å². The van der Waals surface area contributed by atoms with Gasteiger partial charge in [-0.3, -0.25) is 14.4 Å². The van der Waals surface area contributed by atoms with E-state index in [1.807, 2.05) is 64.0 Å². The number of hydrogen-bond donors (Lipinski definition) is 3. The molecule has 7 rings (SSSR count). The van der Waals surface area contributed by atoms with Gasteiger partial charge in [0.2, 0.25) is 5.78 Å². The molecular weight excluding hydrogens is 680 g/mol. The fraction of sp³-hybridized carbons (Fsp3) is 0.537. The third kappa shape index (κ3) is 5.64. The molecule has 284 valence electrons. The Morgan fingerprint density at radius 3 is 2.21 bits per heavy atom. The van der Waals surface area contributed by atoms with E-state index in [0.29, 0.717) is 17.5 Å². The summed E-state index contributed by atoms with van der Waals surface area (Å²) < 4.78 is 25.1. The summed E-state index contributed by atoms with van der Waals surface area (Å²) in [5.74, 6) is -1.41. The number of aryl methyl sites for hydroxylation is 1. The van der Waals surface area contributed by atoms with E-state index in [9.17, 15) is 24.9 Å². The number of rotatable bonds is 6. The average Bonchev–Trinajstić information content (AvgIpc) is 3.76. The first kappa shape index (κ1) is 37.6. The quantitative estimate of drug-likeness (QED) is 0.189. The third-order valence-corrected chi connectivity index (χ3v) is 12.3. The van der Waals surface area contributed by atoms with Crippen LogP contribution in [-0.4, -0.2) is 107 Å². The van der Waals surface area contributed by atoms with Crippen LogP contribution in [0.2, 0.25) is 0 Å². The van der Waals surface area contributed by atoms with Gasteiger partial charge in [0, 0.05) is 34.3 Å². The van der Waals surface area contributed by atoms with Gasteiger partial charge in [0.1, 0.15) is 23.2 Å². The van der Waals surface area contributed by atoms with Crippen LogP contribution in [0.5, 0.6) is 5.75 Å². The summed E-state index contributed by atoms with van der Waals surface area (Å²) in [7, 11) is 7.45. The maximum absolute atomic E-state index is 15.1. The number of ether oxygens (including phenoxy) is 3. The number of phenols is 1. The average molecular weight is 731 g/mol. The molecule has 1 aliphatic carbocycles. The molecule has 0 saturated carbocycles.